The van der Waals surface area contributed by atoms with Crippen LogP contribution in [0.5, 0.6) is 11.5 Å². The molecule has 2 aromatic carbocycles. The van der Waals surface area contributed by atoms with Crippen molar-refractivity contribution in [3.63, 3.8) is 0 Å². The van der Waals surface area contributed by atoms with Gasteiger partial charge in [0.25, 0.3) is 5.91 Å². The minimum Gasteiger partial charge on any atom is -0.486 e. The highest BCUT2D eigenvalue weighted by atomic mass is 16.6. The van der Waals surface area contributed by atoms with E-state index in [1.54, 1.807) is 24.3 Å². The fourth-order valence-corrected chi connectivity index (χ4v) is 4.19. The number of esters is 1. The SMILES string of the molecule is CC(C)OC(=O)c1ccc(NC(=O)C[NH+]2CCC[C@@H]2c2ccc3c(c2)OCCO3)cc1. The normalized spacial score (nSPS) is 19.8. The van der Waals surface area contributed by atoms with Gasteiger partial charge < -0.3 is 24.4 Å². The van der Waals surface area contributed by atoms with Crippen LogP contribution in [0.1, 0.15) is 48.7 Å². The molecular weight excluding hydrogens is 396 g/mol. The Kier molecular flexibility index (Phi) is 6.42. The van der Waals surface area contributed by atoms with Gasteiger partial charge in [-0.25, -0.2) is 4.79 Å². The van der Waals surface area contributed by atoms with Crippen LogP contribution >= 0.6 is 0 Å². The molecule has 2 N–H and O–H groups in total. The number of fused-ring (bicyclic) bond motifs is 1. The second-order valence-electron chi connectivity index (χ2n) is 8.26. The van der Waals surface area contributed by atoms with E-state index in [0.717, 1.165) is 30.9 Å². The molecule has 2 aliphatic rings. The Morgan fingerprint density at radius 1 is 1.10 bits per heavy atom. The van der Waals surface area contributed by atoms with Gasteiger partial charge in [-0.3, -0.25) is 4.79 Å². The molecule has 1 saturated heterocycles. The maximum absolute atomic E-state index is 12.7. The molecule has 0 aliphatic carbocycles. The molecular formula is C24H29N2O5+. The maximum atomic E-state index is 12.7. The molecule has 1 fully saturated rings. The zero-order valence-electron chi connectivity index (χ0n) is 18.0. The molecule has 0 radical (unpaired) electrons. The van der Waals surface area contributed by atoms with Crippen LogP contribution in [0.25, 0.3) is 0 Å². The number of carbonyl (C=O) groups excluding carboxylic acids is 2. The minimum atomic E-state index is -0.364. The number of benzene rings is 2. The van der Waals surface area contributed by atoms with Crippen molar-refractivity contribution in [1.29, 1.82) is 0 Å². The number of ether oxygens (including phenoxy) is 3. The van der Waals surface area contributed by atoms with Gasteiger partial charge in [-0.05, 0) is 56.3 Å². The number of carbonyl (C=O) groups is 2. The van der Waals surface area contributed by atoms with Crippen LogP contribution in [0.3, 0.4) is 0 Å². The smallest absolute Gasteiger partial charge is 0.338 e. The van der Waals surface area contributed by atoms with Crippen molar-refractivity contribution in [3.05, 3.63) is 53.6 Å². The first kappa shape index (κ1) is 21.2. The van der Waals surface area contributed by atoms with E-state index in [1.165, 1.54) is 10.5 Å². The molecule has 4 rings (SSSR count). The fraction of sp³-hybridized carbons (Fsp3) is 0.417. The average Bonchev–Trinajstić information content (AvgIpc) is 3.21. The molecule has 2 atom stereocenters. The van der Waals surface area contributed by atoms with E-state index in [-0.39, 0.29) is 24.0 Å². The third-order valence-corrected chi connectivity index (χ3v) is 5.59. The second kappa shape index (κ2) is 9.39. The van der Waals surface area contributed by atoms with Gasteiger partial charge in [0.05, 0.1) is 18.2 Å². The topological polar surface area (TPSA) is 78.3 Å². The van der Waals surface area contributed by atoms with Crippen molar-refractivity contribution in [2.75, 3.05) is 31.6 Å². The number of hydrogen-bond acceptors (Lipinski definition) is 5. The first-order valence-electron chi connectivity index (χ1n) is 10.8. The van der Waals surface area contributed by atoms with E-state index in [0.29, 0.717) is 31.0 Å². The van der Waals surface area contributed by atoms with Crippen LogP contribution in [0.4, 0.5) is 5.69 Å². The Hall–Kier alpha value is -3.06. The van der Waals surface area contributed by atoms with Gasteiger partial charge in [0.2, 0.25) is 0 Å². The summed E-state index contributed by atoms with van der Waals surface area (Å²) < 4.78 is 16.5. The Morgan fingerprint density at radius 3 is 2.58 bits per heavy atom. The van der Waals surface area contributed by atoms with Gasteiger partial charge in [-0.2, -0.15) is 0 Å². The van der Waals surface area contributed by atoms with Gasteiger partial charge in [0.15, 0.2) is 18.0 Å². The van der Waals surface area contributed by atoms with Crippen LogP contribution < -0.4 is 19.7 Å². The maximum Gasteiger partial charge on any atom is 0.338 e. The van der Waals surface area contributed by atoms with Crippen LogP contribution in [0, 0.1) is 0 Å². The lowest BCUT2D eigenvalue weighted by atomic mass is 10.0. The predicted octanol–water partition coefficient (Wildman–Crippen LogP) is 2.38. The quantitative estimate of drug-likeness (QED) is 0.695. The fourth-order valence-electron chi connectivity index (χ4n) is 4.19. The lowest BCUT2D eigenvalue weighted by Crippen LogP contribution is -3.11. The molecule has 1 unspecified atom stereocenters. The summed E-state index contributed by atoms with van der Waals surface area (Å²) in [5, 5.41) is 2.94. The second-order valence-corrected chi connectivity index (χ2v) is 8.26. The Balaban J connectivity index is 1.36. The number of rotatable bonds is 6. The van der Waals surface area contributed by atoms with E-state index in [4.69, 9.17) is 14.2 Å². The lowest BCUT2D eigenvalue weighted by Gasteiger charge is -2.24. The van der Waals surface area contributed by atoms with E-state index < -0.39 is 0 Å². The standard InChI is InChI=1S/C24H28N2O5/c1-16(2)31-24(28)17-5-8-19(9-6-17)25-23(27)15-26-11-3-4-20(26)18-7-10-21-22(14-18)30-13-12-29-21/h5-10,14,16,20H,3-4,11-13,15H2,1-2H3,(H,25,27)/p+1/t20-/m1/s1. The molecule has 7 nitrogen and oxygen atoms in total. The molecule has 0 saturated carbocycles. The molecule has 2 heterocycles. The zero-order valence-corrected chi connectivity index (χ0v) is 18.0. The highest BCUT2D eigenvalue weighted by molar-refractivity contribution is 5.93. The summed E-state index contributed by atoms with van der Waals surface area (Å²) in [7, 11) is 0. The third kappa shape index (κ3) is 5.17. The highest BCUT2D eigenvalue weighted by Crippen LogP contribution is 2.33. The molecule has 0 spiro atoms. The van der Waals surface area contributed by atoms with Gasteiger partial charge in [-0.15, -0.1) is 0 Å². The van der Waals surface area contributed by atoms with Gasteiger partial charge in [0.1, 0.15) is 19.3 Å². The highest BCUT2D eigenvalue weighted by Gasteiger charge is 2.32. The van der Waals surface area contributed by atoms with Crippen molar-refractivity contribution in [2.45, 2.75) is 38.8 Å². The van der Waals surface area contributed by atoms with Gasteiger partial charge >= 0.3 is 5.97 Å². The number of quaternary nitrogens is 1. The summed E-state index contributed by atoms with van der Waals surface area (Å²) in [6, 6.07) is 13.1. The molecule has 2 aliphatic heterocycles. The van der Waals surface area contributed by atoms with Crippen molar-refractivity contribution in [1.82, 2.24) is 0 Å². The number of hydrogen-bond donors (Lipinski definition) is 2. The van der Waals surface area contributed by atoms with Crippen LogP contribution in [-0.4, -0.2) is 44.3 Å². The first-order valence-corrected chi connectivity index (χ1v) is 10.8. The van der Waals surface area contributed by atoms with E-state index in [9.17, 15) is 9.59 Å². The Bertz CT molecular complexity index is 941. The number of nitrogens with one attached hydrogen (secondary N) is 2. The van der Waals surface area contributed by atoms with Crippen LogP contribution in [-0.2, 0) is 9.53 Å². The Labute approximate surface area is 182 Å². The zero-order chi connectivity index (χ0) is 21.8. The summed E-state index contributed by atoms with van der Waals surface area (Å²) in [4.78, 5) is 25.9. The third-order valence-electron chi connectivity index (χ3n) is 5.59. The molecule has 0 aromatic heterocycles. The van der Waals surface area contributed by atoms with E-state index >= 15 is 0 Å². The summed E-state index contributed by atoms with van der Waals surface area (Å²) in [5.41, 5.74) is 2.31. The monoisotopic (exact) mass is 425 g/mol. The number of amides is 1. The largest absolute Gasteiger partial charge is 0.486 e. The summed E-state index contributed by atoms with van der Waals surface area (Å²) in [5.74, 6) is 1.16. The van der Waals surface area contributed by atoms with Crippen LogP contribution in [0.15, 0.2) is 42.5 Å². The molecule has 7 heteroatoms. The van der Waals surface area contributed by atoms with E-state index in [2.05, 4.69) is 17.4 Å². The van der Waals surface area contributed by atoms with Crippen molar-refractivity contribution in [2.24, 2.45) is 0 Å². The van der Waals surface area contributed by atoms with Crippen LogP contribution in [0.2, 0.25) is 0 Å². The number of anilines is 1. The molecule has 1 amide bonds. The summed E-state index contributed by atoms with van der Waals surface area (Å²) >= 11 is 0. The molecule has 31 heavy (non-hydrogen) atoms. The molecule has 2 aromatic rings. The minimum absolute atomic E-state index is 0.0445. The summed E-state index contributed by atoms with van der Waals surface area (Å²) in [6.45, 7) is 6.10. The predicted molar refractivity (Wildman–Crippen MR) is 116 cm³/mol. The summed E-state index contributed by atoms with van der Waals surface area (Å²) in [6.07, 6.45) is 1.95. The lowest BCUT2D eigenvalue weighted by molar-refractivity contribution is -0.910. The van der Waals surface area contributed by atoms with Gasteiger partial charge in [0, 0.05) is 24.1 Å². The molecule has 164 valence electrons. The molecule has 0 bridgehead atoms. The van der Waals surface area contributed by atoms with E-state index in [1.807, 2.05) is 19.9 Å². The Morgan fingerprint density at radius 2 is 1.84 bits per heavy atom. The van der Waals surface area contributed by atoms with Crippen molar-refractivity contribution >= 4 is 17.6 Å². The average molecular weight is 426 g/mol. The number of likely N-dealkylation sites (tertiary alicyclic amines) is 1. The van der Waals surface area contributed by atoms with Crippen molar-refractivity contribution in [3.8, 4) is 11.5 Å². The van der Waals surface area contributed by atoms with Gasteiger partial charge in [-0.1, -0.05) is 0 Å². The van der Waals surface area contributed by atoms with Crippen molar-refractivity contribution < 1.29 is 28.7 Å². The first-order chi connectivity index (χ1) is 15.0.